The van der Waals surface area contributed by atoms with Crippen molar-refractivity contribution in [2.75, 3.05) is 4.90 Å². The van der Waals surface area contributed by atoms with Crippen LogP contribution in [-0.2, 0) is 0 Å². The van der Waals surface area contributed by atoms with Gasteiger partial charge in [-0.05, 0) is 75.1 Å². The Morgan fingerprint density at radius 2 is 0.971 bits per heavy atom. The van der Waals surface area contributed by atoms with Crippen LogP contribution in [0, 0.1) is 0 Å². The monoisotopic (exact) mass is 449 g/mol. The predicted molar refractivity (Wildman–Crippen MR) is 152 cm³/mol. The van der Waals surface area contributed by atoms with Crippen molar-refractivity contribution >= 4 is 50.7 Å². The number of anilines is 3. The van der Waals surface area contributed by atoms with E-state index < -0.39 is 0 Å². The highest BCUT2D eigenvalue weighted by Gasteiger charge is 2.11. The SMILES string of the molecule is [2H]/C(=C(/[2H])c1cc2ccccc2c2ccccc12)c1ccc(N(c2ccccc2)c2ccccc2)cc1. The van der Waals surface area contributed by atoms with Crippen molar-refractivity contribution < 1.29 is 2.74 Å². The molecule has 0 saturated heterocycles. The molecule has 35 heavy (non-hydrogen) atoms. The summed E-state index contributed by atoms with van der Waals surface area (Å²) in [5, 5.41) is 4.33. The first-order valence-electron chi connectivity index (χ1n) is 12.8. The molecule has 1 nitrogen and oxygen atoms in total. The molecule has 0 aliphatic heterocycles. The summed E-state index contributed by atoms with van der Waals surface area (Å²) in [6, 6.07) is 47.3. The Morgan fingerprint density at radius 3 is 1.63 bits per heavy atom. The van der Waals surface area contributed by atoms with Gasteiger partial charge in [0.1, 0.15) is 0 Å². The lowest BCUT2D eigenvalue weighted by atomic mass is 9.96. The molecule has 0 heterocycles. The van der Waals surface area contributed by atoms with Gasteiger partial charge in [0, 0.05) is 17.1 Å². The highest BCUT2D eigenvalue weighted by atomic mass is 15.1. The summed E-state index contributed by atoms with van der Waals surface area (Å²) in [6.45, 7) is 0. The van der Waals surface area contributed by atoms with Crippen molar-refractivity contribution in [3.8, 4) is 0 Å². The minimum Gasteiger partial charge on any atom is -0.311 e. The molecule has 0 aliphatic rings. The Bertz CT molecular complexity index is 1680. The molecule has 0 bridgehead atoms. The summed E-state index contributed by atoms with van der Waals surface area (Å²) in [4.78, 5) is 2.19. The molecule has 0 atom stereocenters. The van der Waals surface area contributed by atoms with Gasteiger partial charge in [-0.15, -0.1) is 0 Å². The Hall–Kier alpha value is -4.62. The van der Waals surface area contributed by atoms with Crippen molar-refractivity contribution in [2.45, 2.75) is 0 Å². The van der Waals surface area contributed by atoms with Gasteiger partial charge >= 0.3 is 0 Å². The van der Waals surface area contributed by atoms with Crippen LogP contribution in [0.15, 0.2) is 140 Å². The quantitative estimate of drug-likeness (QED) is 0.187. The second-order valence-electron chi connectivity index (χ2n) is 8.49. The van der Waals surface area contributed by atoms with E-state index in [0.717, 1.165) is 44.2 Å². The molecule has 6 aromatic rings. The smallest absolute Gasteiger partial charge is 0.0629 e. The lowest BCUT2D eigenvalue weighted by Crippen LogP contribution is -2.09. The van der Waals surface area contributed by atoms with Crippen LogP contribution >= 0.6 is 0 Å². The van der Waals surface area contributed by atoms with Gasteiger partial charge in [-0.2, -0.15) is 0 Å². The summed E-state index contributed by atoms with van der Waals surface area (Å²) in [5.74, 6) is 0. The second-order valence-corrected chi connectivity index (χ2v) is 8.49. The lowest BCUT2D eigenvalue weighted by molar-refractivity contribution is 1.28. The molecule has 0 fully saturated rings. The van der Waals surface area contributed by atoms with Gasteiger partial charge < -0.3 is 4.90 Å². The third-order valence-corrected chi connectivity index (χ3v) is 6.26. The summed E-state index contributed by atoms with van der Waals surface area (Å²) >= 11 is 0. The molecular weight excluding hydrogens is 422 g/mol. The summed E-state index contributed by atoms with van der Waals surface area (Å²) < 4.78 is 17.9. The first kappa shape index (κ1) is 18.8. The van der Waals surface area contributed by atoms with Gasteiger partial charge in [0.25, 0.3) is 0 Å². The van der Waals surface area contributed by atoms with E-state index in [1.54, 1.807) is 0 Å². The molecule has 0 aromatic heterocycles. The van der Waals surface area contributed by atoms with Crippen LogP contribution in [0.25, 0.3) is 33.6 Å². The van der Waals surface area contributed by atoms with Crippen LogP contribution in [-0.4, -0.2) is 0 Å². The number of para-hydroxylation sites is 2. The zero-order chi connectivity index (χ0) is 25.2. The number of fused-ring (bicyclic) bond motifs is 3. The Labute approximate surface area is 209 Å². The van der Waals surface area contributed by atoms with Crippen LogP contribution in [0.1, 0.15) is 13.9 Å². The van der Waals surface area contributed by atoms with E-state index in [2.05, 4.69) is 47.4 Å². The minimum absolute atomic E-state index is 0.206. The lowest BCUT2D eigenvalue weighted by Gasteiger charge is -2.25. The van der Waals surface area contributed by atoms with Crippen LogP contribution in [0.4, 0.5) is 17.1 Å². The fourth-order valence-electron chi connectivity index (χ4n) is 4.59. The highest BCUT2D eigenvalue weighted by Crippen LogP contribution is 2.34. The van der Waals surface area contributed by atoms with Crippen molar-refractivity contribution in [2.24, 2.45) is 0 Å². The molecule has 6 rings (SSSR count). The topological polar surface area (TPSA) is 3.24 Å². The third kappa shape index (κ3) is 4.20. The fourth-order valence-corrected chi connectivity index (χ4v) is 4.59. The molecule has 1 heteroatoms. The predicted octanol–water partition coefficient (Wildman–Crippen LogP) is 9.63. The van der Waals surface area contributed by atoms with Gasteiger partial charge in [-0.3, -0.25) is 0 Å². The van der Waals surface area contributed by atoms with Crippen molar-refractivity contribution in [3.05, 3.63) is 151 Å². The van der Waals surface area contributed by atoms with E-state index in [-0.39, 0.29) is 12.1 Å². The van der Waals surface area contributed by atoms with Crippen molar-refractivity contribution in [3.63, 3.8) is 0 Å². The normalized spacial score (nSPS) is 12.7. The molecule has 0 spiro atoms. The Balaban J connectivity index is 1.43. The zero-order valence-electron chi connectivity index (χ0n) is 21.2. The molecular formula is C34H25N. The average Bonchev–Trinajstić information content (AvgIpc) is 2.98. The first-order valence-corrected chi connectivity index (χ1v) is 11.8. The zero-order valence-corrected chi connectivity index (χ0v) is 19.2. The van der Waals surface area contributed by atoms with E-state index >= 15 is 0 Å². The van der Waals surface area contributed by atoms with E-state index in [4.69, 9.17) is 2.74 Å². The highest BCUT2D eigenvalue weighted by molar-refractivity contribution is 6.11. The molecule has 6 aromatic carbocycles. The summed E-state index contributed by atoms with van der Waals surface area (Å²) in [6.07, 6.45) is 0. The number of hydrogen-bond donors (Lipinski definition) is 0. The molecule has 166 valence electrons. The molecule has 0 N–H and O–H groups in total. The fraction of sp³-hybridized carbons (Fsp3) is 0. The van der Waals surface area contributed by atoms with Gasteiger partial charge in [-0.25, -0.2) is 0 Å². The van der Waals surface area contributed by atoms with Crippen LogP contribution in [0.5, 0.6) is 0 Å². The molecule has 0 saturated carbocycles. The first-order chi connectivity index (χ1) is 18.2. The molecule has 0 aliphatic carbocycles. The standard InChI is InChI=1S/C34H25N/c1-3-12-29(13-4-1)35(30-14-5-2-6-15-30)31-23-20-26(21-24-31)19-22-28-25-27-11-7-8-16-32(27)34-18-10-9-17-33(28)34/h1-25H/b22-19+/i19D,22D. The van der Waals surface area contributed by atoms with Gasteiger partial charge in [0.2, 0.25) is 0 Å². The number of rotatable bonds is 5. The van der Waals surface area contributed by atoms with Gasteiger partial charge in [0.05, 0.1) is 2.74 Å². The second kappa shape index (κ2) is 9.32. The maximum atomic E-state index is 9.00. The Kier molecular flexibility index (Phi) is 5.00. The van der Waals surface area contributed by atoms with E-state index in [1.165, 1.54) is 0 Å². The average molecular weight is 450 g/mol. The number of nitrogens with zero attached hydrogens (tertiary/aromatic N) is 1. The van der Waals surface area contributed by atoms with E-state index in [1.807, 2.05) is 97.1 Å². The maximum absolute atomic E-state index is 9.00. The van der Waals surface area contributed by atoms with Crippen LogP contribution < -0.4 is 4.90 Å². The van der Waals surface area contributed by atoms with Gasteiger partial charge in [0.15, 0.2) is 0 Å². The van der Waals surface area contributed by atoms with Crippen molar-refractivity contribution in [1.82, 2.24) is 0 Å². The number of benzene rings is 6. The molecule has 0 amide bonds. The van der Waals surface area contributed by atoms with Crippen LogP contribution in [0.2, 0.25) is 0 Å². The largest absolute Gasteiger partial charge is 0.311 e. The minimum atomic E-state index is 0.206. The van der Waals surface area contributed by atoms with Gasteiger partial charge in [-0.1, -0.05) is 109 Å². The molecule has 0 radical (unpaired) electrons. The van der Waals surface area contributed by atoms with E-state index in [9.17, 15) is 0 Å². The Morgan fingerprint density at radius 1 is 0.457 bits per heavy atom. The van der Waals surface area contributed by atoms with E-state index in [0.29, 0.717) is 5.56 Å². The molecule has 0 unspecified atom stereocenters. The van der Waals surface area contributed by atoms with Crippen LogP contribution in [0.3, 0.4) is 0 Å². The third-order valence-electron chi connectivity index (χ3n) is 6.26. The maximum Gasteiger partial charge on any atom is 0.0629 e. The number of hydrogen-bond acceptors (Lipinski definition) is 1. The van der Waals surface area contributed by atoms with Crippen molar-refractivity contribution in [1.29, 1.82) is 0 Å². The summed E-state index contributed by atoms with van der Waals surface area (Å²) in [7, 11) is 0. The summed E-state index contributed by atoms with van der Waals surface area (Å²) in [5.41, 5.74) is 4.61.